The summed E-state index contributed by atoms with van der Waals surface area (Å²) in [6, 6.07) is 1.04. The minimum atomic E-state index is 0.0903. The van der Waals surface area contributed by atoms with Crippen LogP contribution in [0.25, 0.3) is 0 Å². The Labute approximate surface area is 129 Å². The molecule has 0 unspecified atom stereocenters. The van der Waals surface area contributed by atoms with Gasteiger partial charge in [-0.05, 0) is 66.7 Å². The van der Waals surface area contributed by atoms with Crippen LogP contribution in [0.15, 0.2) is 0 Å². The van der Waals surface area contributed by atoms with Crippen LogP contribution < -0.4 is 5.32 Å². The fourth-order valence-electron chi connectivity index (χ4n) is 3.69. The van der Waals surface area contributed by atoms with Gasteiger partial charge in [-0.2, -0.15) is 0 Å². The quantitative estimate of drug-likeness (QED) is 0.837. The lowest BCUT2D eigenvalue weighted by atomic mass is 9.75. The second kappa shape index (κ2) is 6.53. The summed E-state index contributed by atoms with van der Waals surface area (Å²) >= 11 is 0. The molecule has 5 nitrogen and oxygen atoms in total. The van der Waals surface area contributed by atoms with Crippen molar-refractivity contribution in [3.63, 3.8) is 0 Å². The fraction of sp³-hybridized carbons (Fsp3) is 0.938. The highest BCUT2D eigenvalue weighted by Crippen LogP contribution is 2.36. The van der Waals surface area contributed by atoms with Gasteiger partial charge in [0.05, 0.1) is 0 Å². The molecule has 0 aromatic carbocycles. The molecule has 0 aromatic heterocycles. The van der Waals surface area contributed by atoms with E-state index in [-0.39, 0.29) is 11.6 Å². The van der Waals surface area contributed by atoms with Crippen molar-refractivity contribution in [1.82, 2.24) is 20.0 Å². The molecule has 5 heteroatoms. The molecule has 0 aromatic rings. The molecule has 1 N–H and O–H groups in total. The summed E-state index contributed by atoms with van der Waals surface area (Å²) < 4.78 is 0. The molecule has 2 aliphatic carbocycles. The third-order valence-corrected chi connectivity index (χ3v) is 5.57. The molecule has 2 atom stereocenters. The molecule has 0 radical (unpaired) electrons. The lowest BCUT2D eigenvalue weighted by molar-refractivity contribution is 0.0360. The van der Waals surface area contributed by atoms with E-state index in [1.54, 1.807) is 0 Å². The summed E-state index contributed by atoms with van der Waals surface area (Å²) in [7, 11) is 10.4. The Morgan fingerprint density at radius 2 is 1.81 bits per heavy atom. The molecule has 2 saturated carbocycles. The maximum absolute atomic E-state index is 12.4. The molecule has 122 valence electrons. The predicted molar refractivity (Wildman–Crippen MR) is 86.5 cm³/mol. The molecule has 2 fully saturated rings. The Morgan fingerprint density at radius 1 is 1.14 bits per heavy atom. The van der Waals surface area contributed by atoms with E-state index >= 15 is 0 Å². The van der Waals surface area contributed by atoms with Crippen LogP contribution in [-0.4, -0.2) is 80.1 Å². The van der Waals surface area contributed by atoms with Crippen LogP contribution in [0, 0.1) is 0 Å². The van der Waals surface area contributed by atoms with Gasteiger partial charge in [-0.25, -0.2) is 4.79 Å². The lowest BCUT2D eigenvalue weighted by Crippen LogP contribution is -2.58. The van der Waals surface area contributed by atoms with Crippen LogP contribution in [0.2, 0.25) is 0 Å². The van der Waals surface area contributed by atoms with Crippen molar-refractivity contribution in [2.24, 2.45) is 0 Å². The Bertz CT molecular complexity index is 365. The van der Waals surface area contributed by atoms with Crippen molar-refractivity contribution in [1.29, 1.82) is 0 Å². The summed E-state index contributed by atoms with van der Waals surface area (Å²) in [6.07, 6.45) is 7.03. The third-order valence-electron chi connectivity index (χ3n) is 5.57. The van der Waals surface area contributed by atoms with Crippen LogP contribution in [0.1, 0.15) is 38.5 Å². The van der Waals surface area contributed by atoms with Gasteiger partial charge in [0.2, 0.25) is 0 Å². The number of nitrogens with one attached hydrogen (secondary N) is 1. The number of urea groups is 1. The van der Waals surface area contributed by atoms with Crippen molar-refractivity contribution in [3.05, 3.63) is 0 Å². The molecule has 0 spiro atoms. The van der Waals surface area contributed by atoms with Gasteiger partial charge >= 0.3 is 6.03 Å². The van der Waals surface area contributed by atoms with Crippen molar-refractivity contribution < 1.29 is 4.79 Å². The SMILES string of the molecule is CN(CC1(N(C)C)CCC1)C(=O)N[C@H]1CC[C@H](N(C)C)C1. The Hall–Kier alpha value is -0.810. The molecule has 0 heterocycles. The first-order chi connectivity index (χ1) is 9.84. The smallest absolute Gasteiger partial charge is 0.317 e. The normalized spacial score (nSPS) is 27.8. The maximum atomic E-state index is 12.4. The zero-order chi connectivity index (χ0) is 15.6. The molecule has 21 heavy (non-hydrogen) atoms. The van der Waals surface area contributed by atoms with E-state index in [1.165, 1.54) is 25.7 Å². The van der Waals surface area contributed by atoms with Gasteiger partial charge in [0, 0.05) is 31.2 Å². The number of hydrogen-bond donors (Lipinski definition) is 1. The monoisotopic (exact) mass is 296 g/mol. The molecular weight excluding hydrogens is 264 g/mol. The number of rotatable bonds is 5. The number of likely N-dealkylation sites (N-methyl/N-ethyl adjacent to an activating group) is 2. The highest BCUT2D eigenvalue weighted by atomic mass is 16.2. The Morgan fingerprint density at radius 3 is 2.24 bits per heavy atom. The second-order valence-electron chi connectivity index (χ2n) is 7.41. The van der Waals surface area contributed by atoms with Crippen LogP contribution in [0.3, 0.4) is 0 Å². The molecule has 2 aliphatic rings. The minimum absolute atomic E-state index is 0.0903. The Balaban J connectivity index is 1.81. The lowest BCUT2D eigenvalue weighted by Gasteiger charge is -2.49. The molecule has 0 aliphatic heterocycles. The number of carbonyl (C=O) groups excluding carboxylic acids is 1. The number of hydrogen-bond acceptors (Lipinski definition) is 3. The van der Waals surface area contributed by atoms with Crippen molar-refractivity contribution in [2.45, 2.75) is 56.1 Å². The van der Waals surface area contributed by atoms with Gasteiger partial charge in [0.1, 0.15) is 0 Å². The van der Waals surface area contributed by atoms with Crippen molar-refractivity contribution >= 4 is 6.03 Å². The van der Waals surface area contributed by atoms with E-state index in [9.17, 15) is 4.79 Å². The van der Waals surface area contributed by atoms with Crippen molar-refractivity contribution in [2.75, 3.05) is 41.8 Å². The summed E-state index contributed by atoms with van der Waals surface area (Å²) in [5.41, 5.74) is 0.202. The van der Waals surface area contributed by atoms with E-state index in [1.807, 2.05) is 11.9 Å². The summed E-state index contributed by atoms with van der Waals surface area (Å²) in [5, 5.41) is 3.21. The van der Waals surface area contributed by atoms with E-state index in [0.717, 1.165) is 19.4 Å². The van der Waals surface area contributed by atoms with Crippen LogP contribution in [-0.2, 0) is 0 Å². The highest BCUT2D eigenvalue weighted by Gasteiger charge is 2.41. The number of carbonyl (C=O) groups is 1. The average molecular weight is 296 g/mol. The van der Waals surface area contributed by atoms with Crippen molar-refractivity contribution in [3.8, 4) is 0 Å². The Kier molecular flexibility index (Phi) is 5.15. The summed E-state index contributed by atoms with van der Waals surface area (Å²) in [4.78, 5) is 18.8. The van der Waals surface area contributed by atoms with E-state index in [2.05, 4.69) is 43.3 Å². The minimum Gasteiger partial charge on any atom is -0.335 e. The predicted octanol–water partition coefficient (Wildman–Crippen LogP) is 1.59. The van der Waals surface area contributed by atoms with Crippen LogP contribution >= 0.6 is 0 Å². The summed E-state index contributed by atoms with van der Waals surface area (Å²) in [6.45, 7) is 0.829. The molecular formula is C16H32N4O. The first kappa shape index (κ1) is 16.6. The average Bonchev–Trinajstić information content (AvgIpc) is 2.81. The first-order valence-corrected chi connectivity index (χ1v) is 8.19. The molecule has 2 rings (SSSR count). The largest absolute Gasteiger partial charge is 0.335 e. The highest BCUT2D eigenvalue weighted by molar-refractivity contribution is 5.74. The fourth-order valence-corrected chi connectivity index (χ4v) is 3.69. The number of amides is 2. The standard InChI is InChI=1S/C16H32N4O/c1-18(2)14-8-7-13(11-14)17-15(21)20(5)12-16(19(3)4)9-6-10-16/h13-14H,6-12H2,1-5H3,(H,17,21)/t13-,14-/m0/s1. The van der Waals surface area contributed by atoms with Gasteiger partial charge in [0.25, 0.3) is 0 Å². The molecule has 0 bridgehead atoms. The van der Waals surface area contributed by atoms with Gasteiger partial charge in [-0.15, -0.1) is 0 Å². The van der Waals surface area contributed by atoms with Gasteiger partial charge in [-0.1, -0.05) is 0 Å². The van der Waals surface area contributed by atoms with Gasteiger partial charge in [0.15, 0.2) is 0 Å². The summed E-state index contributed by atoms with van der Waals surface area (Å²) in [5.74, 6) is 0. The van der Waals surface area contributed by atoms with Crippen LogP contribution in [0.4, 0.5) is 4.79 Å². The maximum Gasteiger partial charge on any atom is 0.317 e. The topological polar surface area (TPSA) is 38.8 Å². The van der Waals surface area contributed by atoms with E-state index in [0.29, 0.717) is 12.1 Å². The zero-order valence-electron chi connectivity index (χ0n) is 14.4. The first-order valence-electron chi connectivity index (χ1n) is 8.19. The van der Waals surface area contributed by atoms with Gasteiger partial charge < -0.3 is 20.0 Å². The van der Waals surface area contributed by atoms with E-state index < -0.39 is 0 Å². The van der Waals surface area contributed by atoms with E-state index in [4.69, 9.17) is 0 Å². The molecule has 2 amide bonds. The van der Waals surface area contributed by atoms with Crippen LogP contribution in [0.5, 0.6) is 0 Å². The number of nitrogens with zero attached hydrogens (tertiary/aromatic N) is 3. The third kappa shape index (κ3) is 3.69. The zero-order valence-corrected chi connectivity index (χ0v) is 14.4. The van der Waals surface area contributed by atoms with Gasteiger partial charge in [-0.3, -0.25) is 0 Å². The molecule has 0 saturated heterocycles. The second-order valence-corrected chi connectivity index (χ2v) is 7.41.